The van der Waals surface area contributed by atoms with Gasteiger partial charge in [0.05, 0.1) is 17.3 Å². The minimum atomic E-state index is -0.171. The van der Waals surface area contributed by atoms with Gasteiger partial charge in [0.15, 0.2) is 0 Å². The summed E-state index contributed by atoms with van der Waals surface area (Å²) in [7, 11) is 2.01. The van der Waals surface area contributed by atoms with Crippen LogP contribution in [-0.2, 0) is 23.1 Å². The van der Waals surface area contributed by atoms with Crippen LogP contribution in [0.4, 0.5) is 5.69 Å². The zero-order valence-electron chi connectivity index (χ0n) is 21.3. The van der Waals surface area contributed by atoms with Crippen LogP contribution >= 0.6 is 0 Å². The number of benzene rings is 1. The topological polar surface area (TPSA) is 102 Å². The van der Waals surface area contributed by atoms with E-state index in [1.807, 2.05) is 43.5 Å². The Balaban J connectivity index is 1.22. The van der Waals surface area contributed by atoms with Gasteiger partial charge in [-0.2, -0.15) is 0 Å². The fraction of sp³-hybridized carbons (Fsp3) is 0.552. The number of anilines is 1. The first-order valence-electron chi connectivity index (χ1n) is 13.7. The van der Waals surface area contributed by atoms with Crippen LogP contribution < -0.4 is 16.4 Å². The first kappa shape index (κ1) is 24.8. The summed E-state index contributed by atoms with van der Waals surface area (Å²) in [5.74, 6) is 0.950. The van der Waals surface area contributed by atoms with Gasteiger partial charge in [-0.1, -0.05) is 31.8 Å². The molecule has 1 aromatic heterocycles. The van der Waals surface area contributed by atoms with Crippen molar-refractivity contribution in [3.05, 3.63) is 41.7 Å². The van der Waals surface area contributed by atoms with Crippen molar-refractivity contribution < 1.29 is 9.59 Å². The summed E-state index contributed by atoms with van der Waals surface area (Å²) in [4.78, 5) is 30.5. The van der Waals surface area contributed by atoms with Crippen LogP contribution in [0.1, 0.15) is 75.6 Å². The second-order valence-electron chi connectivity index (χ2n) is 10.9. The van der Waals surface area contributed by atoms with Crippen molar-refractivity contribution in [2.75, 3.05) is 5.32 Å². The second kappa shape index (κ2) is 11.0. The number of carbonyl (C=O) groups is 2. The van der Waals surface area contributed by atoms with E-state index in [1.54, 1.807) is 0 Å². The van der Waals surface area contributed by atoms with Crippen molar-refractivity contribution in [1.82, 2.24) is 14.9 Å². The third-order valence-corrected chi connectivity index (χ3v) is 8.21. The Hall–Kier alpha value is -2.93. The number of amides is 2. The monoisotopic (exact) mass is 489 g/mol. The van der Waals surface area contributed by atoms with Gasteiger partial charge in [-0.05, 0) is 68.9 Å². The summed E-state index contributed by atoms with van der Waals surface area (Å²) < 4.78 is 2.09. The number of imidazole rings is 1. The van der Waals surface area contributed by atoms with Crippen molar-refractivity contribution >= 4 is 23.6 Å². The first-order valence-corrected chi connectivity index (χ1v) is 13.7. The lowest BCUT2D eigenvalue weighted by atomic mass is 9.86. The zero-order chi connectivity index (χ0) is 25.1. The predicted octanol–water partition coefficient (Wildman–Crippen LogP) is 4.57. The van der Waals surface area contributed by atoms with Gasteiger partial charge in [0.25, 0.3) is 0 Å². The molecule has 4 N–H and O–H groups in total. The third kappa shape index (κ3) is 5.56. The smallest absolute Gasteiger partial charge is 0.227 e. The van der Waals surface area contributed by atoms with E-state index >= 15 is 0 Å². The number of carbonyl (C=O) groups excluding carboxylic acids is 2. The molecule has 0 aliphatic heterocycles. The maximum absolute atomic E-state index is 13.0. The number of nitrogens with zero attached hydrogens (tertiary/aromatic N) is 2. The molecule has 1 aromatic carbocycles. The maximum Gasteiger partial charge on any atom is 0.227 e. The van der Waals surface area contributed by atoms with Crippen LogP contribution in [0.2, 0.25) is 0 Å². The van der Waals surface area contributed by atoms with Gasteiger partial charge in [0.1, 0.15) is 5.82 Å². The van der Waals surface area contributed by atoms with E-state index in [2.05, 4.69) is 15.2 Å². The largest absolute Gasteiger partial charge is 0.353 e. The Kier molecular flexibility index (Phi) is 7.56. The third-order valence-electron chi connectivity index (χ3n) is 8.21. The molecular weight excluding hydrogens is 450 g/mol. The van der Waals surface area contributed by atoms with Crippen molar-refractivity contribution in [2.45, 2.75) is 82.7 Å². The highest BCUT2D eigenvalue weighted by molar-refractivity contribution is 5.92. The number of hydrogen-bond donors (Lipinski definition) is 3. The molecule has 3 aliphatic carbocycles. The standard InChI is InChI=1S/C29H39N5O2/c1-34-26-17-12-21(29(36)31-23-6-4-2-3-5-7-23)18-25(26)33-27(34)19-10-15-24(16-11-19)32-28(35)20-8-13-22(30)14-9-20/h10-12,15-17,20-23H,2-9,13-14,18,30H2,1H3,(H,31,36)(H,32,35). The van der Waals surface area contributed by atoms with Crippen LogP contribution in [0.15, 0.2) is 30.3 Å². The summed E-state index contributed by atoms with van der Waals surface area (Å²) >= 11 is 0. The Morgan fingerprint density at radius 2 is 1.64 bits per heavy atom. The molecule has 0 spiro atoms. The number of hydrogen-bond acceptors (Lipinski definition) is 4. The lowest BCUT2D eigenvalue weighted by molar-refractivity contribution is -0.124. The molecule has 0 saturated heterocycles. The van der Waals surface area contributed by atoms with E-state index < -0.39 is 0 Å². The van der Waals surface area contributed by atoms with Gasteiger partial charge in [0, 0.05) is 42.7 Å². The van der Waals surface area contributed by atoms with Gasteiger partial charge in [-0.15, -0.1) is 0 Å². The fourth-order valence-electron chi connectivity index (χ4n) is 5.91. The van der Waals surface area contributed by atoms with E-state index in [4.69, 9.17) is 10.7 Å². The van der Waals surface area contributed by atoms with E-state index in [-0.39, 0.29) is 29.7 Å². The van der Waals surface area contributed by atoms with Crippen LogP contribution in [0, 0.1) is 11.8 Å². The molecule has 7 heteroatoms. The quantitative estimate of drug-likeness (QED) is 0.536. The van der Waals surface area contributed by atoms with Gasteiger partial charge in [-0.3, -0.25) is 9.59 Å². The summed E-state index contributed by atoms with van der Waals surface area (Å²) in [6.07, 6.45) is 15.4. The molecule has 0 radical (unpaired) electrons. The van der Waals surface area contributed by atoms with Gasteiger partial charge < -0.3 is 20.9 Å². The molecule has 3 aliphatic rings. The van der Waals surface area contributed by atoms with Gasteiger partial charge in [-0.25, -0.2) is 4.98 Å². The predicted molar refractivity (Wildman–Crippen MR) is 143 cm³/mol. The van der Waals surface area contributed by atoms with Crippen LogP contribution in [0.3, 0.4) is 0 Å². The Bertz CT molecular complexity index is 1100. The van der Waals surface area contributed by atoms with Crippen molar-refractivity contribution in [3.63, 3.8) is 0 Å². The molecule has 5 rings (SSSR count). The Labute approximate surface area is 213 Å². The molecule has 7 nitrogen and oxygen atoms in total. The van der Waals surface area contributed by atoms with Crippen molar-refractivity contribution in [3.8, 4) is 11.4 Å². The van der Waals surface area contributed by atoms with Crippen molar-refractivity contribution in [2.24, 2.45) is 24.6 Å². The fourth-order valence-corrected chi connectivity index (χ4v) is 5.91. The van der Waals surface area contributed by atoms with Crippen molar-refractivity contribution in [1.29, 1.82) is 0 Å². The Morgan fingerprint density at radius 1 is 0.944 bits per heavy atom. The zero-order valence-corrected chi connectivity index (χ0v) is 21.3. The van der Waals surface area contributed by atoms with E-state index in [1.165, 1.54) is 25.7 Å². The number of aromatic nitrogens is 2. The number of nitrogens with one attached hydrogen (secondary N) is 2. The molecule has 1 heterocycles. The van der Waals surface area contributed by atoms with E-state index in [9.17, 15) is 9.59 Å². The van der Waals surface area contributed by atoms with Gasteiger partial charge >= 0.3 is 0 Å². The molecule has 36 heavy (non-hydrogen) atoms. The highest BCUT2D eigenvalue weighted by atomic mass is 16.2. The second-order valence-corrected chi connectivity index (χ2v) is 10.9. The summed E-state index contributed by atoms with van der Waals surface area (Å²) in [6.45, 7) is 0. The number of rotatable bonds is 5. The maximum atomic E-state index is 13.0. The molecular formula is C29H39N5O2. The molecule has 2 amide bonds. The average molecular weight is 490 g/mol. The minimum Gasteiger partial charge on any atom is -0.353 e. The van der Waals surface area contributed by atoms with Crippen LogP contribution in [0.5, 0.6) is 0 Å². The molecule has 2 saturated carbocycles. The minimum absolute atomic E-state index is 0.0465. The number of fused-ring (bicyclic) bond motifs is 1. The molecule has 1 unspecified atom stereocenters. The van der Waals surface area contributed by atoms with E-state index in [0.717, 1.165) is 67.0 Å². The average Bonchev–Trinajstić information content (AvgIpc) is 3.03. The molecule has 0 bridgehead atoms. The Morgan fingerprint density at radius 3 is 2.33 bits per heavy atom. The molecule has 192 valence electrons. The number of nitrogens with two attached hydrogens (primary N) is 1. The molecule has 1 atom stereocenters. The summed E-state index contributed by atoms with van der Waals surface area (Å²) in [5, 5.41) is 6.36. The highest BCUT2D eigenvalue weighted by Crippen LogP contribution is 2.30. The highest BCUT2D eigenvalue weighted by Gasteiger charge is 2.27. The summed E-state index contributed by atoms with van der Waals surface area (Å²) in [5.41, 5.74) is 9.77. The molecule has 2 aromatic rings. The lowest BCUT2D eigenvalue weighted by Gasteiger charge is -2.25. The molecule has 2 fully saturated rings. The van der Waals surface area contributed by atoms with Gasteiger partial charge in [0.2, 0.25) is 11.8 Å². The first-order chi connectivity index (χ1) is 17.5. The lowest BCUT2D eigenvalue weighted by Crippen LogP contribution is -2.39. The summed E-state index contributed by atoms with van der Waals surface area (Å²) in [6, 6.07) is 8.42. The normalized spacial score (nSPS) is 24.6. The SMILES string of the molecule is Cn1c(-c2ccc(NC(=O)C3CCC(N)CC3)cc2)nc2c1C=CC(C(=O)NC1CCCCCC1)C2. The van der Waals surface area contributed by atoms with Crippen LogP contribution in [0.25, 0.3) is 17.5 Å². The van der Waals surface area contributed by atoms with Crippen LogP contribution in [-0.4, -0.2) is 33.4 Å². The van der Waals surface area contributed by atoms with E-state index in [0.29, 0.717) is 12.5 Å².